The van der Waals surface area contributed by atoms with E-state index < -0.39 is 0 Å². The highest BCUT2D eigenvalue weighted by Crippen LogP contribution is 2.12. The van der Waals surface area contributed by atoms with E-state index in [-0.39, 0.29) is 0 Å². The normalized spacial score (nSPS) is 28.4. The third kappa shape index (κ3) is 4.49. The van der Waals surface area contributed by atoms with Crippen molar-refractivity contribution in [2.45, 2.75) is 51.8 Å². The van der Waals surface area contributed by atoms with Crippen molar-refractivity contribution in [2.24, 2.45) is 0 Å². The third-order valence-electron chi connectivity index (χ3n) is 3.29. The van der Waals surface area contributed by atoms with Gasteiger partial charge in [0, 0.05) is 31.8 Å². The van der Waals surface area contributed by atoms with Gasteiger partial charge in [0.1, 0.15) is 0 Å². The molecule has 0 radical (unpaired) electrons. The maximum absolute atomic E-state index is 5.66. The maximum Gasteiger partial charge on any atom is 0.0673 e. The van der Waals surface area contributed by atoms with Crippen molar-refractivity contribution in [2.75, 3.05) is 26.7 Å². The van der Waals surface area contributed by atoms with Crippen LogP contribution in [0.15, 0.2) is 0 Å². The molecular weight excluding hydrogens is 188 g/mol. The van der Waals surface area contributed by atoms with Crippen LogP contribution in [0.1, 0.15) is 33.6 Å². The fourth-order valence-electron chi connectivity index (χ4n) is 2.21. The fourth-order valence-corrected chi connectivity index (χ4v) is 2.21. The van der Waals surface area contributed by atoms with Crippen LogP contribution in [0.5, 0.6) is 0 Å². The Morgan fingerprint density at radius 3 is 2.87 bits per heavy atom. The van der Waals surface area contributed by atoms with Gasteiger partial charge in [0.25, 0.3) is 0 Å². The standard InChI is InChI=1S/C12H26N2O/c1-10(13-4)8-11(2)14-6-5-7-15-12(3)9-14/h10-13H,5-9H2,1-4H3. The van der Waals surface area contributed by atoms with Gasteiger partial charge in [0.2, 0.25) is 0 Å². The average Bonchev–Trinajstić information content (AvgIpc) is 2.42. The maximum atomic E-state index is 5.66. The molecule has 15 heavy (non-hydrogen) atoms. The Bertz CT molecular complexity index is 175. The van der Waals surface area contributed by atoms with E-state index in [2.05, 4.69) is 31.0 Å². The molecule has 0 aromatic carbocycles. The molecule has 3 nitrogen and oxygen atoms in total. The van der Waals surface area contributed by atoms with Gasteiger partial charge in [-0.1, -0.05) is 0 Å². The van der Waals surface area contributed by atoms with Crippen molar-refractivity contribution in [1.29, 1.82) is 0 Å². The Labute approximate surface area is 94.2 Å². The summed E-state index contributed by atoms with van der Waals surface area (Å²) in [5, 5.41) is 3.30. The Hall–Kier alpha value is -0.120. The van der Waals surface area contributed by atoms with Gasteiger partial charge >= 0.3 is 0 Å². The minimum atomic E-state index is 0.389. The summed E-state index contributed by atoms with van der Waals surface area (Å²) < 4.78 is 5.66. The first-order chi connectivity index (χ1) is 7.13. The van der Waals surface area contributed by atoms with E-state index in [1.807, 2.05) is 7.05 Å². The zero-order chi connectivity index (χ0) is 11.3. The lowest BCUT2D eigenvalue weighted by Crippen LogP contribution is -2.40. The highest BCUT2D eigenvalue weighted by Gasteiger charge is 2.20. The molecule has 0 aromatic heterocycles. The molecule has 0 aromatic rings. The van der Waals surface area contributed by atoms with Gasteiger partial charge in [-0.15, -0.1) is 0 Å². The second-order valence-corrected chi connectivity index (χ2v) is 4.80. The summed E-state index contributed by atoms with van der Waals surface area (Å²) in [7, 11) is 2.03. The highest BCUT2D eigenvalue weighted by atomic mass is 16.5. The second kappa shape index (κ2) is 6.46. The molecule has 1 N–H and O–H groups in total. The summed E-state index contributed by atoms with van der Waals surface area (Å²) in [6, 6.07) is 1.25. The lowest BCUT2D eigenvalue weighted by Gasteiger charge is -2.30. The Morgan fingerprint density at radius 1 is 1.47 bits per heavy atom. The predicted molar refractivity (Wildman–Crippen MR) is 64.2 cm³/mol. The average molecular weight is 214 g/mol. The quantitative estimate of drug-likeness (QED) is 0.767. The zero-order valence-electron chi connectivity index (χ0n) is 10.6. The van der Waals surface area contributed by atoms with Crippen molar-refractivity contribution in [1.82, 2.24) is 10.2 Å². The van der Waals surface area contributed by atoms with E-state index in [1.54, 1.807) is 0 Å². The molecule has 1 rings (SSSR count). The fraction of sp³-hybridized carbons (Fsp3) is 1.00. The van der Waals surface area contributed by atoms with Gasteiger partial charge in [-0.05, 0) is 40.7 Å². The molecule has 0 saturated carbocycles. The van der Waals surface area contributed by atoms with Gasteiger partial charge in [-0.25, -0.2) is 0 Å². The van der Waals surface area contributed by atoms with Gasteiger partial charge in [-0.3, -0.25) is 4.90 Å². The van der Waals surface area contributed by atoms with E-state index in [0.717, 1.165) is 13.2 Å². The summed E-state index contributed by atoms with van der Waals surface area (Å²) in [6.45, 7) is 9.93. The molecule has 1 aliphatic heterocycles. The van der Waals surface area contributed by atoms with Crippen LogP contribution in [-0.2, 0) is 4.74 Å². The van der Waals surface area contributed by atoms with Gasteiger partial charge in [-0.2, -0.15) is 0 Å². The van der Waals surface area contributed by atoms with Gasteiger partial charge in [0.15, 0.2) is 0 Å². The second-order valence-electron chi connectivity index (χ2n) is 4.80. The van der Waals surface area contributed by atoms with E-state index >= 15 is 0 Å². The van der Waals surface area contributed by atoms with E-state index in [1.165, 1.54) is 19.4 Å². The van der Waals surface area contributed by atoms with Crippen LogP contribution in [0.4, 0.5) is 0 Å². The Balaban J connectivity index is 2.38. The summed E-state index contributed by atoms with van der Waals surface area (Å²) in [6.07, 6.45) is 2.77. The topological polar surface area (TPSA) is 24.5 Å². The van der Waals surface area contributed by atoms with Gasteiger partial charge in [0.05, 0.1) is 6.10 Å². The smallest absolute Gasteiger partial charge is 0.0673 e. The van der Waals surface area contributed by atoms with E-state index in [9.17, 15) is 0 Å². The molecule has 3 unspecified atom stereocenters. The molecule has 3 atom stereocenters. The van der Waals surface area contributed by atoms with E-state index in [0.29, 0.717) is 18.2 Å². The molecule has 1 aliphatic rings. The molecule has 3 heteroatoms. The van der Waals surface area contributed by atoms with Crippen molar-refractivity contribution in [3.8, 4) is 0 Å². The lowest BCUT2D eigenvalue weighted by molar-refractivity contribution is 0.0606. The minimum absolute atomic E-state index is 0.389. The number of rotatable bonds is 4. The molecule has 0 aliphatic carbocycles. The SMILES string of the molecule is CNC(C)CC(C)N1CCCOC(C)C1. The van der Waals surface area contributed by atoms with Crippen LogP contribution in [0.3, 0.4) is 0 Å². The van der Waals surface area contributed by atoms with E-state index in [4.69, 9.17) is 4.74 Å². The first kappa shape index (κ1) is 12.9. The number of hydrogen-bond donors (Lipinski definition) is 1. The molecule has 1 heterocycles. The molecule has 90 valence electrons. The number of hydrogen-bond acceptors (Lipinski definition) is 3. The minimum Gasteiger partial charge on any atom is -0.377 e. The van der Waals surface area contributed by atoms with Crippen LogP contribution in [-0.4, -0.2) is 49.8 Å². The largest absolute Gasteiger partial charge is 0.377 e. The van der Waals surface area contributed by atoms with Crippen LogP contribution >= 0.6 is 0 Å². The monoisotopic (exact) mass is 214 g/mol. The molecule has 1 fully saturated rings. The van der Waals surface area contributed by atoms with Crippen molar-refractivity contribution in [3.63, 3.8) is 0 Å². The number of ether oxygens (including phenoxy) is 1. The lowest BCUT2D eigenvalue weighted by atomic mass is 10.1. The molecule has 0 spiro atoms. The third-order valence-corrected chi connectivity index (χ3v) is 3.29. The summed E-state index contributed by atoms with van der Waals surface area (Å²) in [4.78, 5) is 2.56. The van der Waals surface area contributed by atoms with Crippen LogP contribution < -0.4 is 5.32 Å². The summed E-state index contributed by atoms with van der Waals surface area (Å²) in [5.74, 6) is 0. The summed E-state index contributed by atoms with van der Waals surface area (Å²) in [5.41, 5.74) is 0. The molecule has 0 amide bonds. The highest BCUT2D eigenvalue weighted by molar-refractivity contribution is 4.75. The Morgan fingerprint density at radius 2 is 2.20 bits per heavy atom. The molecule has 0 bridgehead atoms. The van der Waals surface area contributed by atoms with Crippen LogP contribution in [0.2, 0.25) is 0 Å². The van der Waals surface area contributed by atoms with Crippen molar-refractivity contribution < 1.29 is 4.74 Å². The van der Waals surface area contributed by atoms with Gasteiger partial charge < -0.3 is 10.1 Å². The number of nitrogens with zero attached hydrogens (tertiary/aromatic N) is 1. The number of nitrogens with one attached hydrogen (secondary N) is 1. The molecule has 1 saturated heterocycles. The van der Waals surface area contributed by atoms with Crippen molar-refractivity contribution in [3.05, 3.63) is 0 Å². The predicted octanol–water partition coefficient (Wildman–Crippen LogP) is 1.48. The Kier molecular flexibility index (Phi) is 5.58. The first-order valence-electron chi connectivity index (χ1n) is 6.16. The van der Waals surface area contributed by atoms with Crippen LogP contribution in [0, 0.1) is 0 Å². The first-order valence-corrected chi connectivity index (χ1v) is 6.16. The van der Waals surface area contributed by atoms with Crippen molar-refractivity contribution >= 4 is 0 Å². The summed E-state index contributed by atoms with van der Waals surface area (Å²) >= 11 is 0. The van der Waals surface area contributed by atoms with Crippen LogP contribution in [0.25, 0.3) is 0 Å². The molecular formula is C12H26N2O. The zero-order valence-corrected chi connectivity index (χ0v) is 10.6.